The number of carbonyl (C=O) groups is 1. The van der Waals surface area contributed by atoms with Gasteiger partial charge < -0.3 is 14.3 Å². The Bertz CT molecular complexity index is 1090. The molecule has 5 nitrogen and oxygen atoms in total. The van der Waals surface area contributed by atoms with E-state index < -0.39 is 0 Å². The average molecular weight is 420 g/mol. The zero-order valence-electron chi connectivity index (χ0n) is 18.6. The molecule has 0 bridgehead atoms. The number of carbonyl (C=O) groups excluding carboxylic acids is 1. The number of benzene rings is 1. The average Bonchev–Trinajstić information content (AvgIpc) is 3.03. The lowest BCUT2D eigenvalue weighted by molar-refractivity contribution is 0.0921. The minimum atomic E-state index is -0.137. The summed E-state index contributed by atoms with van der Waals surface area (Å²) in [5, 5.41) is 3.23. The number of amides is 1. The summed E-state index contributed by atoms with van der Waals surface area (Å²) in [6.45, 7) is 4.82. The molecular formula is C26H33N3O2. The number of aromatic nitrogens is 2. The van der Waals surface area contributed by atoms with Gasteiger partial charge in [0.05, 0.1) is 5.69 Å². The third-order valence-electron chi connectivity index (χ3n) is 6.35. The van der Waals surface area contributed by atoms with Crippen LogP contribution in [0.1, 0.15) is 69.3 Å². The van der Waals surface area contributed by atoms with Crippen molar-refractivity contribution < 1.29 is 4.79 Å². The SMILES string of the molecule is CC(C)CCn1c(C(=O)NC2CCCCCC2)cn2c(-c3ccccc3)ccc2c1=O. The van der Waals surface area contributed by atoms with E-state index in [0.29, 0.717) is 23.7 Å². The minimum absolute atomic E-state index is 0.101. The summed E-state index contributed by atoms with van der Waals surface area (Å²) >= 11 is 0. The number of hydrogen-bond acceptors (Lipinski definition) is 2. The van der Waals surface area contributed by atoms with E-state index in [4.69, 9.17) is 0 Å². The Morgan fingerprint density at radius 1 is 1.03 bits per heavy atom. The molecule has 2 heterocycles. The van der Waals surface area contributed by atoms with Gasteiger partial charge in [0.1, 0.15) is 11.2 Å². The van der Waals surface area contributed by atoms with Crippen LogP contribution in [0.15, 0.2) is 53.5 Å². The maximum absolute atomic E-state index is 13.4. The molecule has 1 amide bonds. The highest BCUT2D eigenvalue weighted by atomic mass is 16.2. The second-order valence-electron chi connectivity index (χ2n) is 9.16. The molecule has 164 valence electrons. The third kappa shape index (κ3) is 4.76. The van der Waals surface area contributed by atoms with E-state index in [-0.39, 0.29) is 17.5 Å². The molecule has 3 aromatic rings. The van der Waals surface area contributed by atoms with Crippen LogP contribution in [0.25, 0.3) is 16.8 Å². The lowest BCUT2D eigenvalue weighted by Gasteiger charge is -2.20. The van der Waals surface area contributed by atoms with Crippen LogP contribution in [0.3, 0.4) is 0 Å². The topological polar surface area (TPSA) is 55.5 Å². The molecule has 1 aromatic carbocycles. The van der Waals surface area contributed by atoms with Gasteiger partial charge in [-0.05, 0) is 42.9 Å². The molecule has 0 unspecified atom stereocenters. The quantitative estimate of drug-likeness (QED) is 0.554. The van der Waals surface area contributed by atoms with E-state index >= 15 is 0 Å². The predicted molar refractivity (Wildman–Crippen MR) is 126 cm³/mol. The van der Waals surface area contributed by atoms with Crippen LogP contribution in [0.2, 0.25) is 0 Å². The van der Waals surface area contributed by atoms with Crippen LogP contribution in [0.4, 0.5) is 0 Å². The molecule has 0 radical (unpaired) electrons. The first-order valence-corrected chi connectivity index (χ1v) is 11.7. The Labute approximate surface area is 184 Å². The number of fused-ring (bicyclic) bond motifs is 1. The van der Waals surface area contributed by atoms with E-state index in [9.17, 15) is 9.59 Å². The summed E-state index contributed by atoms with van der Waals surface area (Å²) in [4.78, 5) is 26.8. The molecule has 2 aromatic heterocycles. The summed E-state index contributed by atoms with van der Waals surface area (Å²) in [5.41, 5.74) is 2.91. The van der Waals surface area contributed by atoms with E-state index in [1.165, 1.54) is 12.8 Å². The second-order valence-corrected chi connectivity index (χ2v) is 9.16. The molecule has 0 saturated heterocycles. The van der Waals surface area contributed by atoms with E-state index in [1.54, 1.807) is 4.57 Å². The van der Waals surface area contributed by atoms with Gasteiger partial charge in [0.2, 0.25) is 0 Å². The maximum atomic E-state index is 13.4. The fourth-order valence-electron chi connectivity index (χ4n) is 4.52. The Kier molecular flexibility index (Phi) is 6.59. The molecule has 0 atom stereocenters. The smallest absolute Gasteiger partial charge is 0.275 e. The normalized spacial score (nSPS) is 15.3. The first kappa shape index (κ1) is 21.4. The van der Waals surface area contributed by atoms with Gasteiger partial charge in [-0.15, -0.1) is 0 Å². The summed E-state index contributed by atoms with van der Waals surface area (Å²) in [6.07, 6.45) is 9.52. The van der Waals surface area contributed by atoms with Crippen LogP contribution in [0.5, 0.6) is 0 Å². The van der Waals surface area contributed by atoms with Gasteiger partial charge in [0.25, 0.3) is 11.5 Å². The van der Waals surface area contributed by atoms with Crippen LogP contribution >= 0.6 is 0 Å². The van der Waals surface area contributed by atoms with Crippen molar-refractivity contribution in [3.63, 3.8) is 0 Å². The third-order valence-corrected chi connectivity index (χ3v) is 6.35. The van der Waals surface area contributed by atoms with E-state index in [1.807, 2.05) is 53.1 Å². The highest BCUT2D eigenvalue weighted by molar-refractivity contribution is 5.93. The lowest BCUT2D eigenvalue weighted by Crippen LogP contribution is -2.39. The molecule has 1 saturated carbocycles. The van der Waals surface area contributed by atoms with Crippen LogP contribution < -0.4 is 10.9 Å². The Balaban J connectivity index is 1.77. The Morgan fingerprint density at radius 3 is 2.42 bits per heavy atom. The van der Waals surface area contributed by atoms with Crippen LogP contribution in [-0.4, -0.2) is 20.9 Å². The summed E-state index contributed by atoms with van der Waals surface area (Å²) in [5.74, 6) is 0.315. The van der Waals surface area contributed by atoms with Gasteiger partial charge in [0, 0.05) is 18.8 Å². The molecule has 1 fully saturated rings. The highest BCUT2D eigenvalue weighted by Crippen LogP contribution is 2.22. The van der Waals surface area contributed by atoms with Gasteiger partial charge in [-0.3, -0.25) is 9.59 Å². The molecule has 5 heteroatoms. The number of nitrogens with zero attached hydrogens (tertiary/aromatic N) is 2. The van der Waals surface area contributed by atoms with E-state index in [0.717, 1.165) is 43.4 Å². The lowest BCUT2D eigenvalue weighted by atomic mass is 10.1. The Morgan fingerprint density at radius 2 is 1.74 bits per heavy atom. The minimum Gasteiger partial charge on any atom is -0.348 e. The standard InChI is InChI=1S/C26H33N3O2/c1-19(2)16-17-28-24(25(30)27-21-12-8-3-4-9-13-21)18-29-22(14-15-23(29)26(28)31)20-10-6-5-7-11-20/h5-7,10-11,14-15,18-19,21H,3-4,8-9,12-13,16-17H2,1-2H3,(H,27,30). The first-order valence-electron chi connectivity index (χ1n) is 11.7. The van der Waals surface area contributed by atoms with Gasteiger partial charge in [-0.2, -0.15) is 0 Å². The van der Waals surface area contributed by atoms with Gasteiger partial charge in [-0.25, -0.2) is 0 Å². The van der Waals surface area contributed by atoms with Crippen molar-refractivity contribution in [3.05, 3.63) is 64.7 Å². The highest BCUT2D eigenvalue weighted by Gasteiger charge is 2.21. The van der Waals surface area contributed by atoms with Crippen molar-refractivity contribution in [2.45, 2.75) is 71.4 Å². The number of nitrogens with one attached hydrogen (secondary N) is 1. The zero-order chi connectivity index (χ0) is 21.8. The second kappa shape index (κ2) is 9.54. The number of hydrogen-bond donors (Lipinski definition) is 1. The van der Waals surface area contributed by atoms with Crippen molar-refractivity contribution in [1.82, 2.24) is 14.3 Å². The molecule has 1 aliphatic rings. The number of rotatable bonds is 6. The van der Waals surface area contributed by atoms with Crippen LogP contribution in [-0.2, 0) is 6.54 Å². The molecule has 0 aliphatic heterocycles. The van der Waals surface area contributed by atoms with Crippen LogP contribution in [0, 0.1) is 5.92 Å². The molecule has 4 rings (SSSR count). The molecule has 31 heavy (non-hydrogen) atoms. The van der Waals surface area contributed by atoms with Gasteiger partial charge in [-0.1, -0.05) is 69.9 Å². The van der Waals surface area contributed by atoms with Gasteiger partial charge >= 0.3 is 0 Å². The monoisotopic (exact) mass is 419 g/mol. The first-order chi connectivity index (χ1) is 15.0. The fourth-order valence-corrected chi connectivity index (χ4v) is 4.52. The molecule has 0 spiro atoms. The Hall–Kier alpha value is -2.82. The molecule has 1 aliphatic carbocycles. The zero-order valence-corrected chi connectivity index (χ0v) is 18.6. The molecule has 1 N–H and O–H groups in total. The maximum Gasteiger partial charge on any atom is 0.275 e. The van der Waals surface area contributed by atoms with Crippen molar-refractivity contribution >= 4 is 11.4 Å². The van der Waals surface area contributed by atoms with Gasteiger partial charge in [0.15, 0.2) is 0 Å². The summed E-state index contributed by atoms with van der Waals surface area (Å²) in [6, 6.07) is 14.0. The predicted octanol–water partition coefficient (Wildman–Crippen LogP) is 5.27. The summed E-state index contributed by atoms with van der Waals surface area (Å²) in [7, 11) is 0. The van der Waals surface area contributed by atoms with Crippen molar-refractivity contribution in [2.24, 2.45) is 5.92 Å². The fraction of sp³-hybridized carbons (Fsp3) is 0.462. The summed E-state index contributed by atoms with van der Waals surface area (Å²) < 4.78 is 3.56. The van der Waals surface area contributed by atoms with E-state index in [2.05, 4.69) is 19.2 Å². The van der Waals surface area contributed by atoms with Crippen molar-refractivity contribution in [2.75, 3.05) is 0 Å². The van der Waals surface area contributed by atoms with Crippen molar-refractivity contribution in [1.29, 1.82) is 0 Å². The molecular weight excluding hydrogens is 386 g/mol. The largest absolute Gasteiger partial charge is 0.348 e. The van der Waals surface area contributed by atoms with Crippen molar-refractivity contribution in [3.8, 4) is 11.3 Å².